The number of halogens is 1. The number of amidine groups is 1. The van der Waals surface area contributed by atoms with Gasteiger partial charge in [0, 0.05) is 34.9 Å². The predicted molar refractivity (Wildman–Crippen MR) is 104 cm³/mol. The van der Waals surface area contributed by atoms with E-state index in [9.17, 15) is 5.11 Å². The molecule has 130 valence electrons. The minimum Gasteiger partial charge on any atom is -0.510 e. The molecule has 5 nitrogen and oxygen atoms in total. The van der Waals surface area contributed by atoms with E-state index in [2.05, 4.69) is 9.97 Å². The van der Waals surface area contributed by atoms with Crippen molar-refractivity contribution in [2.75, 3.05) is 6.54 Å². The average molecular weight is 383 g/mol. The monoisotopic (exact) mass is 382 g/mol. The first kappa shape index (κ1) is 16.8. The van der Waals surface area contributed by atoms with Crippen LogP contribution in [-0.2, 0) is 6.54 Å². The molecule has 0 atom stereocenters. The lowest BCUT2D eigenvalue weighted by atomic mass is 10.2. The highest BCUT2D eigenvalue weighted by Crippen LogP contribution is 2.34. The van der Waals surface area contributed by atoms with Crippen molar-refractivity contribution in [3.05, 3.63) is 75.5 Å². The third-order valence-corrected chi connectivity index (χ3v) is 5.34. The van der Waals surface area contributed by atoms with Gasteiger partial charge in [-0.3, -0.25) is 10.4 Å². The zero-order chi connectivity index (χ0) is 18.1. The lowest BCUT2D eigenvalue weighted by molar-refractivity contribution is 0.347. The van der Waals surface area contributed by atoms with Crippen molar-refractivity contribution in [2.24, 2.45) is 0 Å². The molecule has 0 bridgehead atoms. The molecule has 0 aliphatic carbocycles. The van der Waals surface area contributed by atoms with Crippen LogP contribution in [0.5, 0.6) is 0 Å². The molecule has 26 heavy (non-hydrogen) atoms. The van der Waals surface area contributed by atoms with Crippen LogP contribution < -0.4 is 0 Å². The van der Waals surface area contributed by atoms with Crippen LogP contribution in [0.25, 0.3) is 16.8 Å². The summed E-state index contributed by atoms with van der Waals surface area (Å²) in [5.74, 6) is 0.436. The zero-order valence-electron chi connectivity index (χ0n) is 13.7. The molecule has 7 heteroatoms. The predicted octanol–water partition coefficient (Wildman–Crippen LogP) is 4.62. The average Bonchev–Trinajstić information content (AvgIpc) is 3.21. The quantitative estimate of drug-likeness (QED) is 0.690. The van der Waals surface area contributed by atoms with Crippen molar-refractivity contribution >= 4 is 34.3 Å². The molecule has 3 aromatic rings. The molecule has 1 aromatic carbocycles. The first-order chi connectivity index (χ1) is 12.6. The Morgan fingerprint density at radius 3 is 2.85 bits per heavy atom. The Kier molecular flexibility index (Phi) is 4.44. The van der Waals surface area contributed by atoms with Crippen LogP contribution in [0.4, 0.5) is 0 Å². The van der Waals surface area contributed by atoms with Crippen LogP contribution >= 0.6 is 22.9 Å². The van der Waals surface area contributed by atoms with Gasteiger partial charge in [0.1, 0.15) is 16.6 Å². The molecule has 0 fully saturated rings. The first-order valence-corrected chi connectivity index (χ1v) is 9.25. The molecular weight excluding hydrogens is 368 g/mol. The summed E-state index contributed by atoms with van der Waals surface area (Å²) < 4.78 is 0. The van der Waals surface area contributed by atoms with Gasteiger partial charge < -0.3 is 10.0 Å². The molecule has 0 radical (unpaired) electrons. The maximum Gasteiger partial charge on any atom is 0.135 e. The molecule has 2 aromatic heterocycles. The third kappa shape index (κ3) is 3.09. The summed E-state index contributed by atoms with van der Waals surface area (Å²) in [6, 6.07) is 11.3. The fraction of sp³-hybridized carbons (Fsp3) is 0.105. The highest BCUT2D eigenvalue weighted by Gasteiger charge is 2.30. The van der Waals surface area contributed by atoms with E-state index >= 15 is 0 Å². The molecule has 4 rings (SSSR count). The molecule has 0 saturated heterocycles. The van der Waals surface area contributed by atoms with E-state index < -0.39 is 0 Å². The van der Waals surface area contributed by atoms with Gasteiger partial charge >= 0.3 is 0 Å². The van der Waals surface area contributed by atoms with Crippen LogP contribution in [0.15, 0.2) is 59.9 Å². The molecule has 2 N–H and O–H groups in total. The van der Waals surface area contributed by atoms with E-state index in [4.69, 9.17) is 17.0 Å². The number of pyridine rings is 1. The third-order valence-electron chi connectivity index (χ3n) is 4.15. The Morgan fingerprint density at radius 2 is 2.08 bits per heavy atom. The highest BCUT2D eigenvalue weighted by atomic mass is 35.5. The molecule has 0 unspecified atom stereocenters. The number of nitrogens with one attached hydrogen (secondary N) is 1. The molecule has 0 spiro atoms. The van der Waals surface area contributed by atoms with E-state index in [1.807, 2.05) is 41.8 Å². The summed E-state index contributed by atoms with van der Waals surface area (Å²) in [7, 11) is 0. The van der Waals surface area contributed by atoms with Crippen molar-refractivity contribution < 1.29 is 5.11 Å². The molecule has 0 saturated carbocycles. The topological polar surface area (TPSA) is 73.1 Å². The zero-order valence-corrected chi connectivity index (χ0v) is 15.3. The maximum atomic E-state index is 10.4. The van der Waals surface area contributed by atoms with Crippen LogP contribution in [0.3, 0.4) is 0 Å². The largest absolute Gasteiger partial charge is 0.510 e. The SMILES string of the molecule is N=C1C(c2nc(-c3ccccc3Cl)cs2)=C(O)CN1Cc1cccnc1. The van der Waals surface area contributed by atoms with E-state index in [0.717, 1.165) is 16.8 Å². The number of aliphatic hydroxyl groups is 1. The second-order valence-electron chi connectivity index (χ2n) is 5.91. The number of hydrogen-bond donors (Lipinski definition) is 2. The highest BCUT2D eigenvalue weighted by molar-refractivity contribution is 7.11. The van der Waals surface area contributed by atoms with Gasteiger partial charge in [-0.15, -0.1) is 11.3 Å². The second-order valence-corrected chi connectivity index (χ2v) is 7.17. The van der Waals surface area contributed by atoms with Crippen molar-refractivity contribution in [3.63, 3.8) is 0 Å². The fourth-order valence-corrected chi connectivity index (χ4v) is 4.01. The molecule has 1 aliphatic rings. The number of thiazole rings is 1. The Bertz CT molecular complexity index is 1000. The van der Waals surface area contributed by atoms with Gasteiger partial charge in [0.25, 0.3) is 0 Å². The van der Waals surface area contributed by atoms with Gasteiger partial charge in [-0.2, -0.15) is 0 Å². The second kappa shape index (κ2) is 6.90. The molecular formula is C19H15ClN4OS. The standard InChI is InChI=1S/C19H15ClN4OS/c20-14-6-2-1-5-13(14)15-11-26-19(23-15)17-16(25)10-24(18(17)21)9-12-4-3-7-22-8-12/h1-8,11,21,25H,9-10H2. The lowest BCUT2D eigenvalue weighted by Gasteiger charge is -2.18. The van der Waals surface area contributed by atoms with Crippen molar-refractivity contribution in [3.8, 4) is 11.3 Å². The van der Waals surface area contributed by atoms with Crippen LogP contribution in [0, 0.1) is 5.41 Å². The summed E-state index contributed by atoms with van der Waals surface area (Å²) in [4.78, 5) is 10.5. The number of aromatic nitrogens is 2. The van der Waals surface area contributed by atoms with Crippen molar-refractivity contribution in [2.45, 2.75) is 6.54 Å². The Labute approximate surface area is 159 Å². The van der Waals surface area contributed by atoms with Gasteiger partial charge in [-0.1, -0.05) is 35.9 Å². The van der Waals surface area contributed by atoms with Gasteiger partial charge in [0.05, 0.1) is 17.8 Å². The Hall–Kier alpha value is -2.70. The summed E-state index contributed by atoms with van der Waals surface area (Å²) in [6.07, 6.45) is 3.48. The summed E-state index contributed by atoms with van der Waals surface area (Å²) in [5.41, 5.74) is 3.06. The van der Waals surface area contributed by atoms with E-state index in [0.29, 0.717) is 28.7 Å². The maximum absolute atomic E-state index is 10.4. The summed E-state index contributed by atoms with van der Waals surface area (Å²) in [5, 5.41) is 22.0. The van der Waals surface area contributed by atoms with Gasteiger partial charge in [-0.25, -0.2) is 4.98 Å². The van der Waals surface area contributed by atoms with Gasteiger partial charge in [-0.05, 0) is 17.7 Å². The minimum atomic E-state index is 0.166. The van der Waals surface area contributed by atoms with Crippen LogP contribution in [0.2, 0.25) is 5.02 Å². The summed E-state index contributed by atoms with van der Waals surface area (Å²) in [6.45, 7) is 0.813. The first-order valence-electron chi connectivity index (χ1n) is 7.99. The van der Waals surface area contributed by atoms with Gasteiger partial charge in [0.2, 0.25) is 0 Å². The van der Waals surface area contributed by atoms with Crippen molar-refractivity contribution in [1.29, 1.82) is 5.41 Å². The normalized spacial score (nSPS) is 14.3. The lowest BCUT2D eigenvalue weighted by Crippen LogP contribution is -2.26. The molecule has 0 amide bonds. The van der Waals surface area contributed by atoms with Crippen LogP contribution in [-0.4, -0.2) is 32.4 Å². The number of aliphatic hydroxyl groups excluding tert-OH is 1. The fourth-order valence-electron chi connectivity index (χ4n) is 2.89. The molecule has 1 aliphatic heterocycles. The van der Waals surface area contributed by atoms with E-state index in [1.54, 1.807) is 17.3 Å². The number of nitrogens with zero attached hydrogens (tertiary/aromatic N) is 3. The smallest absolute Gasteiger partial charge is 0.135 e. The number of rotatable bonds is 4. The summed E-state index contributed by atoms with van der Waals surface area (Å²) >= 11 is 7.64. The van der Waals surface area contributed by atoms with E-state index in [1.165, 1.54) is 11.3 Å². The number of hydrogen-bond acceptors (Lipinski definition) is 5. The Balaban J connectivity index is 1.59. The Morgan fingerprint density at radius 1 is 1.23 bits per heavy atom. The van der Waals surface area contributed by atoms with Crippen LogP contribution in [0.1, 0.15) is 10.6 Å². The molecule has 3 heterocycles. The number of benzene rings is 1. The van der Waals surface area contributed by atoms with E-state index in [-0.39, 0.29) is 11.6 Å². The minimum absolute atomic E-state index is 0.166. The van der Waals surface area contributed by atoms with Gasteiger partial charge in [0.15, 0.2) is 0 Å². The van der Waals surface area contributed by atoms with Crippen molar-refractivity contribution in [1.82, 2.24) is 14.9 Å².